The highest BCUT2D eigenvalue weighted by molar-refractivity contribution is 6.02. The van der Waals surface area contributed by atoms with Crippen molar-refractivity contribution in [2.75, 3.05) is 5.32 Å². The Morgan fingerprint density at radius 2 is 2.64 bits per heavy atom. The number of carbonyl (C=O) groups is 1. The number of terminal acetylenes is 1. The van der Waals surface area contributed by atoms with Crippen LogP contribution in [0.1, 0.15) is 0 Å². The standard InChI is InChI=1S/C6H6N4O/c1-3-6(11)7-5-4-10(2)9-8-5/h1,4H,2H3,(H,7,11). The molecule has 1 aromatic heterocycles. The molecule has 5 nitrogen and oxygen atoms in total. The van der Waals surface area contributed by atoms with E-state index in [4.69, 9.17) is 6.42 Å². The van der Waals surface area contributed by atoms with Crippen LogP contribution in [0.3, 0.4) is 0 Å². The van der Waals surface area contributed by atoms with Crippen molar-refractivity contribution < 1.29 is 4.79 Å². The predicted octanol–water partition coefficient (Wildman–Crippen LogP) is -0.613. The molecule has 1 rings (SSSR count). The highest BCUT2D eigenvalue weighted by Crippen LogP contribution is 1.96. The molecule has 0 spiro atoms. The Morgan fingerprint density at radius 3 is 3.09 bits per heavy atom. The van der Waals surface area contributed by atoms with Crippen LogP contribution < -0.4 is 5.32 Å². The molecule has 0 aliphatic heterocycles. The van der Waals surface area contributed by atoms with E-state index in [-0.39, 0.29) is 0 Å². The Bertz CT molecular complexity index is 309. The molecule has 1 N–H and O–H groups in total. The first-order chi connectivity index (χ1) is 5.22. The van der Waals surface area contributed by atoms with Crippen molar-refractivity contribution in [3.8, 4) is 12.3 Å². The molecule has 1 amide bonds. The third-order valence-electron chi connectivity index (χ3n) is 0.975. The Hall–Kier alpha value is -1.83. The summed E-state index contributed by atoms with van der Waals surface area (Å²) in [5.41, 5.74) is 0. The van der Waals surface area contributed by atoms with Crippen LogP contribution in [0.5, 0.6) is 0 Å². The van der Waals surface area contributed by atoms with Crippen molar-refractivity contribution in [1.29, 1.82) is 0 Å². The zero-order valence-electron chi connectivity index (χ0n) is 5.90. The van der Waals surface area contributed by atoms with Gasteiger partial charge in [-0.3, -0.25) is 14.8 Å². The zero-order valence-corrected chi connectivity index (χ0v) is 5.90. The van der Waals surface area contributed by atoms with Gasteiger partial charge >= 0.3 is 5.91 Å². The minimum Gasteiger partial charge on any atom is -0.297 e. The zero-order chi connectivity index (χ0) is 8.27. The summed E-state index contributed by atoms with van der Waals surface area (Å²) < 4.78 is 1.46. The van der Waals surface area contributed by atoms with Crippen LogP contribution in [-0.2, 0) is 11.8 Å². The maximum atomic E-state index is 10.6. The Kier molecular flexibility index (Phi) is 1.88. The molecule has 5 heteroatoms. The van der Waals surface area contributed by atoms with E-state index < -0.39 is 5.91 Å². The molecule has 0 aliphatic rings. The number of carbonyl (C=O) groups excluding carboxylic acids is 1. The third-order valence-corrected chi connectivity index (χ3v) is 0.975. The van der Waals surface area contributed by atoms with Gasteiger partial charge in [-0.25, -0.2) is 0 Å². The summed E-state index contributed by atoms with van der Waals surface area (Å²) in [6.07, 6.45) is 6.36. The monoisotopic (exact) mass is 150 g/mol. The summed E-state index contributed by atoms with van der Waals surface area (Å²) in [4.78, 5) is 10.6. The van der Waals surface area contributed by atoms with E-state index in [2.05, 4.69) is 15.6 Å². The maximum absolute atomic E-state index is 10.6. The number of hydrogen-bond acceptors (Lipinski definition) is 3. The smallest absolute Gasteiger partial charge is 0.297 e. The largest absolute Gasteiger partial charge is 0.301 e. The number of aryl methyl sites for hydroxylation is 1. The van der Waals surface area contributed by atoms with Crippen LogP contribution in [0.15, 0.2) is 6.20 Å². The molecule has 1 heterocycles. The summed E-state index contributed by atoms with van der Waals surface area (Å²) in [7, 11) is 1.69. The highest BCUT2D eigenvalue weighted by atomic mass is 16.1. The second-order valence-corrected chi connectivity index (χ2v) is 1.88. The molecule has 0 radical (unpaired) electrons. The van der Waals surface area contributed by atoms with Gasteiger partial charge in [0.15, 0.2) is 5.82 Å². The van der Waals surface area contributed by atoms with Gasteiger partial charge in [0.25, 0.3) is 0 Å². The van der Waals surface area contributed by atoms with Crippen LogP contribution in [0, 0.1) is 12.3 Å². The summed E-state index contributed by atoms with van der Waals surface area (Å²) in [6.45, 7) is 0. The number of nitrogens with one attached hydrogen (secondary N) is 1. The average molecular weight is 150 g/mol. The lowest BCUT2D eigenvalue weighted by atomic mass is 10.6. The normalized spacial score (nSPS) is 8.73. The number of hydrogen-bond donors (Lipinski definition) is 1. The number of nitrogens with zero attached hydrogens (tertiary/aromatic N) is 3. The minimum atomic E-state index is -0.523. The fraction of sp³-hybridized carbons (Fsp3) is 0.167. The number of aromatic nitrogens is 3. The second kappa shape index (κ2) is 2.84. The van der Waals surface area contributed by atoms with Crippen molar-refractivity contribution in [3.05, 3.63) is 6.20 Å². The van der Waals surface area contributed by atoms with Crippen molar-refractivity contribution in [1.82, 2.24) is 15.0 Å². The van der Waals surface area contributed by atoms with Gasteiger partial charge in [0.2, 0.25) is 0 Å². The first kappa shape index (κ1) is 7.28. The molecule has 0 bridgehead atoms. The van der Waals surface area contributed by atoms with E-state index in [0.29, 0.717) is 5.82 Å². The molecule has 0 fully saturated rings. The topological polar surface area (TPSA) is 59.8 Å². The highest BCUT2D eigenvalue weighted by Gasteiger charge is 1.99. The molecule has 1 aromatic rings. The lowest BCUT2D eigenvalue weighted by Gasteiger charge is -1.89. The molecule has 0 aliphatic carbocycles. The Balaban J connectivity index is 2.66. The van der Waals surface area contributed by atoms with Gasteiger partial charge in [-0.2, -0.15) is 0 Å². The molecule has 0 saturated carbocycles. The number of anilines is 1. The third kappa shape index (κ3) is 1.79. The van der Waals surface area contributed by atoms with E-state index in [0.717, 1.165) is 0 Å². The molecular weight excluding hydrogens is 144 g/mol. The van der Waals surface area contributed by atoms with Crippen molar-refractivity contribution >= 4 is 11.7 Å². The molecular formula is C6H6N4O. The first-order valence-corrected chi connectivity index (χ1v) is 2.86. The summed E-state index contributed by atoms with van der Waals surface area (Å²) in [6, 6.07) is 0. The lowest BCUT2D eigenvalue weighted by molar-refractivity contribution is -0.111. The second-order valence-electron chi connectivity index (χ2n) is 1.88. The Morgan fingerprint density at radius 1 is 1.91 bits per heavy atom. The summed E-state index contributed by atoms with van der Waals surface area (Å²) >= 11 is 0. The average Bonchev–Trinajstić information content (AvgIpc) is 2.35. The van der Waals surface area contributed by atoms with Crippen LogP contribution in [0.4, 0.5) is 5.82 Å². The van der Waals surface area contributed by atoms with Crippen LogP contribution in [-0.4, -0.2) is 20.9 Å². The predicted molar refractivity (Wildman–Crippen MR) is 38.5 cm³/mol. The van der Waals surface area contributed by atoms with Crippen LogP contribution in [0.25, 0.3) is 0 Å². The van der Waals surface area contributed by atoms with Gasteiger partial charge in [-0.15, -0.1) is 11.5 Å². The van der Waals surface area contributed by atoms with Gasteiger partial charge in [0.1, 0.15) is 0 Å². The molecule has 56 valence electrons. The number of rotatable bonds is 1. The van der Waals surface area contributed by atoms with Crippen molar-refractivity contribution in [2.45, 2.75) is 0 Å². The van der Waals surface area contributed by atoms with E-state index in [1.54, 1.807) is 13.2 Å². The maximum Gasteiger partial charge on any atom is 0.301 e. The molecule has 0 unspecified atom stereocenters. The molecule has 0 aromatic carbocycles. The quantitative estimate of drug-likeness (QED) is 0.543. The molecule has 11 heavy (non-hydrogen) atoms. The van der Waals surface area contributed by atoms with E-state index >= 15 is 0 Å². The van der Waals surface area contributed by atoms with Crippen molar-refractivity contribution in [2.24, 2.45) is 7.05 Å². The van der Waals surface area contributed by atoms with Crippen LogP contribution >= 0.6 is 0 Å². The summed E-state index contributed by atoms with van der Waals surface area (Å²) in [5.74, 6) is 1.73. The van der Waals surface area contributed by atoms with E-state index in [9.17, 15) is 4.79 Å². The Labute approximate surface area is 63.4 Å². The van der Waals surface area contributed by atoms with Crippen molar-refractivity contribution in [3.63, 3.8) is 0 Å². The summed E-state index contributed by atoms with van der Waals surface area (Å²) in [5, 5.41) is 9.52. The minimum absolute atomic E-state index is 0.357. The lowest BCUT2D eigenvalue weighted by Crippen LogP contribution is -2.08. The van der Waals surface area contributed by atoms with Crippen LogP contribution in [0.2, 0.25) is 0 Å². The van der Waals surface area contributed by atoms with E-state index in [1.807, 2.05) is 5.92 Å². The molecule has 0 saturated heterocycles. The fourth-order valence-electron chi connectivity index (χ4n) is 0.557. The fourth-order valence-corrected chi connectivity index (χ4v) is 0.557. The number of amides is 1. The van der Waals surface area contributed by atoms with Gasteiger partial charge in [-0.05, 0) is 5.92 Å². The first-order valence-electron chi connectivity index (χ1n) is 2.86. The van der Waals surface area contributed by atoms with Gasteiger partial charge < -0.3 is 0 Å². The molecule has 0 atom stereocenters. The van der Waals surface area contributed by atoms with Gasteiger partial charge in [0.05, 0.1) is 6.20 Å². The van der Waals surface area contributed by atoms with Gasteiger partial charge in [-0.1, -0.05) is 5.21 Å². The SMILES string of the molecule is C#CC(=O)Nc1cn(C)nn1. The van der Waals surface area contributed by atoms with E-state index in [1.165, 1.54) is 4.68 Å². The van der Waals surface area contributed by atoms with Gasteiger partial charge in [0, 0.05) is 7.05 Å².